The van der Waals surface area contributed by atoms with Crippen molar-refractivity contribution in [1.82, 2.24) is 15.0 Å². The predicted octanol–water partition coefficient (Wildman–Crippen LogP) is 10.00. The molecule has 0 spiro atoms. The van der Waals surface area contributed by atoms with Crippen LogP contribution in [0.4, 0.5) is 0 Å². The molecule has 0 aliphatic heterocycles. The van der Waals surface area contributed by atoms with E-state index in [0.29, 0.717) is 0 Å². The summed E-state index contributed by atoms with van der Waals surface area (Å²) in [6.07, 6.45) is 3.69. The molecule has 0 radical (unpaired) electrons. The number of hydrogen-bond acceptors (Lipinski definition) is 3. The molecule has 0 bridgehead atoms. The molecule has 0 atom stereocenters. The minimum absolute atomic E-state index is 0.120. The van der Waals surface area contributed by atoms with E-state index < -0.39 is 0 Å². The van der Waals surface area contributed by atoms with Crippen LogP contribution in [0.15, 0.2) is 140 Å². The van der Waals surface area contributed by atoms with Crippen LogP contribution in [0.3, 0.4) is 0 Å². The average Bonchev–Trinajstić information content (AvgIpc) is 3.31. The van der Waals surface area contributed by atoms with Gasteiger partial charge in [0.05, 0.1) is 11.4 Å². The van der Waals surface area contributed by atoms with E-state index in [-0.39, 0.29) is 5.41 Å². The van der Waals surface area contributed by atoms with Gasteiger partial charge in [-0.1, -0.05) is 123 Å². The Morgan fingerprint density at radius 3 is 2.00 bits per heavy atom. The first-order chi connectivity index (χ1) is 21.1. The van der Waals surface area contributed by atoms with Crippen LogP contribution in [0.2, 0.25) is 0 Å². The number of nitrogens with zero attached hydrogens (tertiary/aromatic N) is 3. The Balaban J connectivity index is 1.27. The van der Waals surface area contributed by atoms with Crippen molar-refractivity contribution < 1.29 is 0 Å². The fourth-order valence-corrected chi connectivity index (χ4v) is 6.49. The molecule has 0 unspecified atom stereocenters. The Labute approximate surface area is 251 Å². The van der Waals surface area contributed by atoms with Crippen molar-refractivity contribution in [2.75, 3.05) is 0 Å². The molecule has 5 aromatic carbocycles. The summed E-state index contributed by atoms with van der Waals surface area (Å²) in [6, 6.07) is 45.1. The highest BCUT2D eigenvalue weighted by molar-refractivity contribution is 6.02. The molecule has 7 aromatic rings. The first kappa shape index (κ1) is 25.3. The fraction of sp³-hybridized carbons (Fsp3) is 0.0750. The summed E-state index contributed by atoms with van der Waals surface area (Å²) in [5.74, 6) is 0.721. The standard InChI is InChI=1S/C40H29N3/c1-40(2)34-21-19-27-9-6-7-13-32(27)38(34)33-20-18-30(23-35(33)40)37-24-36(42-39(43-37)29-10-4-3-5-11-29)28-16-14-26(15-17-28)31-12-8-22-41-25-31/h3-25H,1-2H3. The van der Waals surface area contributed by atoms with Crippen LogP contribution in [0.5, 0.6) is 0 Å². The fourth-order valence-electron chi connectivity index (χ4n) is 6.49. The summed E-state index contributed by atoms with van der Waals surface area (Å²) in [4.78, 5) is 14.4. The lowest BCUT2D eigenvalue weighted by molar-refractivity contribution is 0.661. The number of fused-ring (bicyclic) bond motifs is 5. The summed E-state index contributed by atoms with van der Waals surface area (Å²) >= 11 is 0. The van der Waals surface area contributed by atoms with Gasteiger partial charge in [0.15, 0.2) is 5.82 Å². The lowest BCUT2D eigenvalue weighted by Crippen LogP contribution is -2.15. The highest BCUT2D eigenvalue weighted by Gasteiger charge is 2.36. The Kier molecular flexibility index (Phi) is 5.80. The Bertz CT molecular complexity index is 2130. The second-order valence-electron chi connectivity index (χ2n) is 11.7. The third kappa shape index (κ3) is 4.24. The molecule has 0 amide bonds. The van der Waals surface area contributed by atoms with Gasteiger partial charge in [-0.3, -0.25) is 4.98 Å². The molecular weight excluding hydrogens is 522 g/mol. The molecule has 8 rings (SSSR count). The van der Waals surface area contributed by atoms with Crippen molar-refractivity contribution in [1.29, 1.82) is 0 Å². The van der Waals surface area contributed by atoms with Crippen LogP contribution in [-0.2, 0) is 5.41 Å². The lowest BCUT2D eigenvalue weighted by Gasteiger charge is -2.22. The van der Waals surface area contributed by atoms with E-state index in [4.69, 9.17) is 9.97 Å². The molecule has 1 aliphatic rings. The van der Waals surface area contributed by atoms with Crippen LogP contribution in [0.25, 0.3) is 66.9 Å². The molecule has 0 saturated heterocycles. The zero-order valence-electron chi connectivity index (χ0n) is 24.1. The minimum atomic E-state index is -0.120. The number of rotatable bonds is 4. The molecule has 0 saturated carbocycles. The molecule has 2 aromatic heterocycles. The minimum Gasteiger partial charge on any atom is -0.264 e. The zero-order valence-corrected chi connectivity index (χ0v) is 24.1. The highest BCUT2D eigenvalue weighted by atomic mass is 14.9. The largest absolute Gasteiger partial charge is 0.264 e. The number of benzene rings is 5. The van der Waals surface area contributed by atoms with Gasteiger partial charge in [0, 0.05) is 34.5 Å². The Morgan fingerprint density at radius 1 is 0.512 bits per heavy atom. The van der Waals surface area contributed by atoms with Crippen molar-refractivity contribution in [3.8, 4) is 56.2 Å². The highest BCUT2D eigenvalue weighted by Crippen LogP contribution is 2.52. The van der Waals surface area contributed by atoms with Crippen LogP contribution in [0.1, 0.15) is 25.0 Å². The quantitative estimate of drug-likeness (QED) is 0.218. The Morgan fingerprint density at radius 2 is 1.21 bits per heavy atom. The van der Waals surface area contributed by atoms with Gasteiger partial charge in [-0.05, 0) is 62.4 Å². The van der Waals surface area contributed by atoms with Crippen molar-refractivity contribution in [2.24, 2.45) is 0 Å². The topological polar surface area (TPSA) is 38.7 Å². The number of hydrogen-bond donors (Lipinski definition) is 0. The van der Waals surface area contributed by atoms with Crippen LogP contribution >= 0.6 is 0 Å². The SMILES string of the molecule is CC1(C)c2cc(-c3cc(-c4ccc(-c5cccnc5)cc4)nc(-c4ccccc4)n3)ccc2-c2c1ccc1ccccc21. The third-order valence-corrected chi connectivity index (χ3v) is 8.79. The number of aromatic nitrogens is 3. The monoisotopic (exact) mass is 551 g/mol. The van der Waals surface area contributed by atoms with E-state index in [1.807, 2.05) is 30.5 Å². The molecule has 0 fully saturated rings. The summed E-state index contributed by atoms with van der Waals surface area (Å²) in [5, 5.41) is 2.58. The van der Waals surface area contributed by atoms with Crippen LogP contribution < -0.4 is 0 Å². The maximum atomic E-state index is 5.12. The van der Waals surface area contributed by atoms with Gasteiger partial charge in [0.2, 0.25) is 0 Å². The van der Waals surface area contributed by atoms with E-state index >= 15 is 0 Å². The summed E-state index contributed by atoms with van der Waals surface area (Å²) < 4.78 is 0. The lowest BCUT2D eigenvalue weighted by atomic mass is 9.81. The van der Waals surface area contributed by atoms with Crippen molar-refractivity contribution in [3.05, 3.63) is 151 Å². The van der Waals surface area contributed by atoms with E-state index in [9.17, 15) is 0 Å². The maximum absolute atomic E-state index is 5.12. The molecule has 3 heteroatoms. The van der Waals surface area contributed by atoms with Gasteiger partial charge in [-0.25, -0.2) is 9.97 Å². The third-order valence-electron chi connectivity index (χ3n) is 8.79. The second kappa shape index (κ2) is 9.85. The van der Waals surface area contributed by atoms with E-state index in [1.165, 1.54) is 33.0 Å². The molecule has 204 valence electrons. The summed E-state index contributed by atoms with van der Waals surface area (Å²) in [5.41, 5.74) is 12.4. The molecule has 0 N–H and O–H groups in total. The van der Waals surface area contributed by atoms with Gasteiger partial charge in [0.1, 0.15) is 0 Å². The predicted molar refractivity (Wildman–Crippen MR) is 177 cm³/mol. The van der Waals surface area contributed by atoms with Gasteiger partial charge >= 0.3 is 0 Å². The van der Waals surface area contributed by atoms with E-state index in [0.717, 1.165) is 45.0 Å². The van der Waals surface area contributed by atoms with Crippen molar-refractivity contribution in [2.45, 2.75) is 19.3 Å². The van der Waals surface area contributed by atoms with E-state index in [1.54, 1.807) is 6.20 Å². The summed E-state index contributed by atoms with van der Waals surface area (Å²) in [6.45, 7) is 4.67. The average molecular weight is 552 g/mol. The van der Waals surface area contributed by atoms with Gasteiger partial charge in [0.25, 0.3) is 0 Å². The molecule has 1 aliphatic carbocycles. The van der Waals surface area contributed by atoms with Crippen molar-refractivity contribution in [3.63, 3.8) is 0 Å². The number of pyridine rings is 1. The smallest absolute Gasteiger partial charge is 0.160 e. The first-order valence-electron chi connectivity index (χ1n) is 14.7. The molecule has 43 heavy (non-hydrogen) atoms. The van der Waals surface area contributed by atoms with Crippen molar-refractivity contribution >= 4 is 10.8 Å². The zero-order chi connectivity index (χ0) is 29.0. The van der Waals surface area contributed by atoms with E-state index in [2.05, 4.69) is 122 Å². The Hall–Kier alpha value is -5.41. The van der Waals surface area contributed by atoms with Crippen LogP contribution in [-0.4, -0.2) is 15.0 Å². The first-order valence-corrected chi connectivity index (χ1v) is 14.7. The van der Waals surface area contributed by atoms with Gasteiger partial charge < -0.3 is 0 Å². The molecule has 2 heterocycles. The van der Waals surface area contributed by atoms with Crippen LogP contribution in [0, 0.1) is 0 Å². The molecule has 3 nitrogen and oxygen atoms in total. The second-order valence-corrected chi connectivity index (χ2v) is 11.7. The maximum Gasteiger partial charge on any atom is 0.160 e. The van der Waals surface area contributed by atoms with Gasteiger partial charge in [-0.15, -0.1) is 0 Å². The normalized spacial score (nSPS) is 13.1. The van der Waals surface area contributed by atoms with Gasteiger partial charge in [-0.2, -0.15) is 0 Å². The summed E-state index contributed by atoms with van der Waals surface area (Å²) in [7, 11) is 0. The molecular formula is C40H29N3.